The van der Waals surface area contributed by atoms with Gasteiger partial charge in [0.15, 0.2) is 0 Å². The second-order valence-corrected chi connectivity index (χ2v) is 5.22. The Morgan fingerprint density at radius 1 is 1.43 bits per heavy atom. The molecule has 1 aromatic carbocycles. The second kappa shape index (κ2) is 7.08. The van der Waals surface area contributed by atoms with E-state index in [4.69, 9.17) is 4.74 Å². The van der Waals surface area contributed by atoms with Crippen LogP contribution in [0.15, 0.2) is 30.3 Å². The Hall–Kier alpha value is -2.08. The van der Waals surface area contributed by atoms with Gasteiger partial charge in [0.2, 0.25) is 5.91 Å². The van der Waals surface area contributed by atoms with E-state index in [1.165, 1.54) is 0 Å². The SMILES string of the molecule is COCC(C)NC(=O)NC1CC(=O)N(c2ccccc2)C1. The summed E-state index contributed by atoms with van der Waals surface area (Å²) in [5.74, 6) is 0.0245. The highest BCUT2D eigenvalue weighted by Gasteiger charge is 2.31. The molecule has 2 N–H and O–H groups in total. The third-order valence-electron chi connectivity index (χ3n) is 3.32. The predicted molar refractivity (Wildman–Crippen MR) is 80.2 cm³/mol. The number of benzene rings is 1. The molecule has 1 heterocycles. The van der Waals surface area contributed by atoms with E-state index in [1.54, 1.807) is 12.0 Å². The molecule has 1 aromatic rings. The first-order valence-electron chi connectivity index (χ1n) is 7.01. The Morgan fingerprint density at radius 2 is 2.14 bits per heavy atom. The predicted octanol–water partition coefficient (Wildman–Crippen LogP) is 1.13. The maximum atomic E-state index is 12.0. The number of carbonyl (C=O) groups is 2. The summed E-state index contributed by atoms with van der Waals surface area (Å²) >= 11 is 0. The monoisotopic (exact) mass is 291 g/mol. The molecule has 1 aliphatic rings. The van der Waals surface area contributed by atoms with Crippen molar-refractivity contribution in [2.24, 2.45) is 0 Å². The molecule has 3 amide bonds. The van der Waals surface area contributed by atoms with Gasteiger partial charge in [-0.25, -0.2) is 4.79 Å². The molecule has 1 fully saturated rings. The van der Waals surface area contributed by atoms with E-state index in [1.807, 2.05) is 37.3 Å². The maximum absolute atomic E-state index is 12.0. The number of amides is 3. The summed E-state index contributed by atoms with van der Waals surface area (Å²) in [6, 6.07) is 8.95. The fourth-order valence-electron chi connectivity index (χ4n) is 2.40. The second-order valence-electron chi connectivity index (χ2n) is 5.22. The van der Waals surface area contributed by atoms with Crippen molar-refractivity contribution in [3.8, 4) is 0 Å². The van der Waals surface area contributed by atoms with Crippen molar-refractivity contribution in [1.82, 2.24) is 10.6 Å². The fraction of sp³-hybridized carbons (Fsp3) is 0.467. The van der Waals surface area contributed by atoms with Gasteiger partial charge in [0, 0.05) is 25.8 Å². The van der Waals surface area contributed by atoms with E-state index < -0.39 is 0 Å². The van der Waals surface area contributed by atoms with Crippen LogP contribution in [0.25, 0.3) is 0 Å². The highest BCUT2D eigenvalue weighted by Crippen LogP contribution is 2.20. The van der Waals surface area contributed by atoms with Crippen molar-refractivity contribution in [2.75, 3.05) is 25.2 Å². The van der Waals surface area contributed by atoms with Gasteiger partial charge in [0.05, 0.1) is 18.7 Å². The molecule has 6 heteroatoms. The molecule has 6 nitrogen and oxygen atoms in total. The lowest BCUT2D eigenvalue weighted by atomic mass is 10.2. The van der Waals surface area contributed by atoms with Crippen molar-refractivity contribution in [1.29, 1.82) is 0 Å². The first-order valence-corrected chi connectivity index (χ1v) is 7.01. The van der Waals surface area contributed by atoms with Gasteiger partial charge < -0.3 is 20.3 Å². The first kappa shape index (κ1) is 15.3. The molecule has 0 bridgehead atoms. The number of hydrogen-bond donors (Lipinski definition) is 2. The standard InChI is InChI=1S/C15H21N3O3/c1-11(10-21-2)16-15(20)17-12-8-14(19)18(9-12)13-6-4-3-5-7-13/h3-7,11-12H,8-10H2,1-2H3,(H2,16,17,20). The van der Waals surface area contributed by atoms with Crippen LogP contribution in [-0.2, 0) is 9.53 Å². The summed E-state index contributed by atoms with van der Waals surface area (Å²) in [6.07, 6.45) is 0.320. The molecule has 2 unspecified atom stereocenters. The number of urea groups is 1. The zero-order valence-electron chi connectivity index (χ0n) is 12.3. The molecule has 21 heavy (non-hydrogen) atoms. The largest absolute Gasteiger partial charge is 0.383 e. The minimum absolute atomic E-state index is 0.0245. The molecule has 0 radical (unpaired) electrons. The van der Waals surface area contributed by atoms with Gasteiger partial charge in [-0.3, -0.25) is 4.79 Å². The lowest BCUT2D eigenvalue weighted by Crippen LogP contribution is -2.47. The zero-order valence-corrected chi connectivity index (χ0v) is 12.3. The van der Waals surface area contributed by atoms with Gasteiger partial charge in [-0.1, -0.05) is 18.2 Å². The third kappa shape index (κ3) is 4.19. The summed E-state index contributed by atoms with van der Waals surface area (Å²) in [5, 5.41) is 5.60. The molecule has 0 spiro atoms. The topological polar surface area (TPSA) is 70.7 Å². The fourth-order valence-corrected chi connectivity index (χ4v) is 2.40. The molecule has 2 atom stereocenters. The number of ether oxygens (including phenoxy) is 1. The van der Waals surface area contributed by atoms with Crippen molar-refractivity contribution in [2.45, 2.75) is 25.4 Å². The van der Waals surface area contributed by atoms with Gasteiger partial charge in [-0.05, 0) is 19.1 Å². The van der Waals surface area contributed by atoms with E-state index in [-0.39, 0.29) is 24.0 Å². The normalized spacial score (nSPS) is 19.4. The van der Waals surface area contributed by atoms with E-state index in [9.17, 15) is 9.59 Å². The van der Waals surface area contributed by atoms with Gasteiger partial charge in [0.25, 0.3) is 0 Å². The Morgan fingerprint density at radius 3 is 2.81 bits per heavy atom. The lowest BCUT2D eigenvalue weighted by molar-refractivity contribution is -0.117. The van der Waals surface area contributed by atoms with E-state index in [2.05, 4.69) is 10.6 Å². The summed E-state index contributed by atoms with van der Waals surface area (Å²) in [6.45, 7) is 2.81. The lowest BCUT2D eigenvalue weighted by Gasteiger charge is -2.18. The third-order valence-corrected chi connectivity index (χ3v) is 3.32. The molecule has 2 rings (SSSR count). The van der Waals surface area contributed by atoms with E-state index >= 15 is 0 Å². The van der Waals surface area contributed by atoms with Gasteiger partial charge in [-0.2, -0.15) is 0 Å². The van der Waals surface area contributed by atoms with Crippen LogP contribution in [0.5, 0.6) is 0 Å². The van der Waals surface area contributed by atoms with E-state index in [0.29, 0.717) is 19.6 Å². The summed E-state index contributed by atoms with van der Waals surface area (Å²) in [5.41, 5.74) is 0.861. The molecule has 0 saturated carbocycles. The van der Waals surface area contributed by atoms with Crippen LogP contribution in [0, 0.1) is 0 Å². The van der Waals surface area contributed by atoms with Gasteiger partial charge in [-0.15, -0.1) is 0 Å². The van der Waals surface area contributed by atoms with E-state index in [0.717, 1.165) is 5.69 Å². The highest BCUT2D eigenvalue weighted by atomic mass is 16.5. The minimum atomic E-state index is -0.271. The molecule has 1 saturated heterocycles. The molecule has 0 aliphatic carbocycles. The minimum Gasteiger partial charge on any atom is -0.383 e. The maximum Gasteiger partial charge on any atom is 0.315 e. The van der Waals surface area contributed by atoms with Crippen molar-refractivity contribution in [3.05, 3.63) is 30.3 Å². The number of para-hydroxylation sites is 1. The zero-order chi connectivity index (χ0) is 15.2. The average Bonchev–Trinajstić information content (AvgIpc) is 2.80. The molecule has 114 valence electrons. The Kier molecular flexibility index (Phi) is 5.16. The molecule has 0 aromatic heterocycles. The average molecular weight is 291 g/mol. The Labute approximate surface area is 124 Å². The molecular weight excluding hydrogens is 270 g/mol. The number of rotatable bonds is 5. The highest BCUT2D eigenvalue weighted by molar-refractivity contribution is 5.96. The smallest absolute Gasteiger partial charge is 0.315 e. The van der Waals surface area contributed by atoms with Crippen LogP contribution in [0.2, 0.25) is 0 Å². The number of anilines is 1. The van der Waals surface area contributed by atoms with Crippen molar-refractivity contribution < 1.29 is 14.3 Å². The van der Waals surface area contributed by atoms with Crippen molar-refractivity contribution >= 4 is 17.6 Å². The molecule has 1 aliphatic heterocycles. The van der Waals surface area contributed by atoms with Crippen LogP contribution in [0.1, 0.15) is 13.3 Å². The summed E-state index contributed by atoms with van der Waals surface area (Å²) in [4.78, 5) is 25.6. The van der Waals surface area contributed by atoms with Crippen LogP contribution in [0.3, 0.4) is 0 Å². The van der Waals surface area contributed by atoms with Gasteiger partial charge in [0.1, 0.15) is 0 Å². The summed E-state index contributed by atoms with van der Waals surface area (Å²) in [7, 11) is 1.59. The quantitative estimate of drug-likeness (QED) is 0.854. The number of nitrogens with zero attached hydrogens (tertiary/aromatic N) is 1. The number of carbonyl (C=O) groups excluding carboxylic acids is 2. The van der Waals surface area contributed by atoms with Crippen molar-refractivity contribution in [3.63, 3.8) is 0 Å². The van der Waals surface area contributed by atoms with Crippen LogP contribution < -0.4 is 15.5 Å². The Balaban J connectivity index is 1.87. The number of methoxy groups -OCH3 is 1. The number of nitrogens with one attached hydrogen (secondary N) is 2. The molecular formula is C15H21N3O3. The van der Waals surface area contributed by atoms with Crippen LogP contribution in [-0.4, -0.2) is 44.3 Å². The van der Waals surface area contributed by atoms with Gasteiger partial charge >= 0.3 is 6.03 Å². The number of hydrogen-bond acceptors (Lipinski definition) is 3. The first-order chi connectivity index (χ1) is 10.1. The van der Waals surface area contributed by atoms with Crippen LogP contribution >= 0.6 is 0 Å². The summed E-state index contributed by atoms with van der Waals surface area (Å²) < 4.78 is 4.96. The Bertz CT molecular complexity index is 492. The van der Waals surface area contributed by atoms with Crippen LogP contribution in [0.4, 0.5) is 10.5 Å².